The van der Waals surface area contributed by atoms with Gasteiger partial charge in [-0.05, 0) is 17.5 Å². The molecule has 0 aliphatic rings. The minimum Gasteiger partial charge on any atom is -0.468 e. The van der Waals surface area contributed by atoms with Crippen molar-refractivity contribution in [3.05, 3.63) is 71.8 Å². The number of hydrogen-bond acceptors (Lipinski definition) is 3. The Hall–Kier alpha value is -1.78. The van der Waals surface area contributed by atoms with Crippen LogP contribution in [0.2, 0.25) is 0 Å². The summed E-state index contributed by atoms with van der Waals surface area (Å²) in [5.74, 6) is -0.232. The van der Waals surface area contributed by atoms with Gasteiger partial charge in [0.2, 0.25) is 0 Å². The molecule has 0 aliphatic heterocycles. The Morgan fingerprint density at radius 1 is 1.00 bits per heavy atom. The molecule has 0 saturated heterocycles. The zero-order valence-corrected chi connectivity index (χ0v) is 13.1. The van der Waals surface area contributed by atoms with Crippen LogP contribution >= 0.6 is 13.5 Å². The number of carbonyl (C=O) groups is 1. The molecule has 3 nitrogen and oxygen atoms in total. The van der Waals surface area contributed by atoms with Crippen LogP contribution in [0.3, 0.4) is 0 Å². The van der Waals surface area contributed by atoms with Gasteiger partial charge in [-0.1, -0.05) is 60.7 Å². The molecule has 1 atom stereocenters. The average molecular weight is 303 g/mol. The van der Waals surface area contributed by atoms with Crippen molar-refractivity contribution in [2.75, 3.05) is 7.11 Å². The highest BCUT2D eigenvalue weighted by atomic mass is 32.1. The second-order valence-corrected chi connectivity index (χ2v) is 4.63. The number of hydrogen-bond donors (Lipinski definition) is 1. The van der Waals surface area contributed by atoms with Crippen LogP contribution in [0.1, 0.15) is 11.1 Å². The van der Waals surface area contributed by atoms with E-state index in [1.165, 1.54) is 7.11 Å². The van der Waals surface area contributed by atoms with Gasteiger partial charge in [0.1, 0.15) is 6.04 Å². The summed E-state index contributed by atoms with van der Waals surface area (Å²) in [4.78, 5) is 11.9. The molecule has 0 radical (unpaired) electrons. The molecular formula is C17H21NO2S. The van der Waals surface area contributed by atoms with Crippen LogP contribution in [0.5, 0.6) is 0 Å². The molecule has 2 rings (SSSR count). The van der Waals surface area contributed by atoms with E-state index in [-0.39, 0.29) is 25.5 Å². The first kappa shape index (κ1) is 17.3. The minimum atomic E-state index is -0.331. The second-order valence-electron chi connectivity index (χ2n) is 4.63. The van der Waals surface area contributed by atoms with Crippen molar-refractivity contribution in [2.24, 2.45) is 0 Å². The summed E-state index contributed by atoms with van der Waals surface area (Å²) >= 11 is 0. The summed E-state index contributed by atoms with van der Waals surface area (Å²) < 4.78 is 4.87. The maximum absolute atomic E-state index is 11.9. The lowest BCUT2D eigenvalue weighted by atomic mass is 10.1. The van der Waals surface area contributed by atoms with Crippen LogP contribution in [0, 0.1) is 0 Å². The topological polar surface area (TPSA) is 38.3 Å². The molecule has 21 heavy (non-hydrogen) atoms. The number of carbonyl (C=O) groups excluding carboxylic acids is 1. The van der Waals surface area contributed by atoms with Gasteiger partial charge < -0.3 is 10.1 Å². The van der Waals surface area contributed by atoms with E-state index in [2.05, 4.69) is 5.32 Å². The zero-order chi connectivity index (χ0) is 14.2. The Labute approximate surface area is 132 Å². The van der Waals surface area contributed by atoms with Crippen LogP contribution in [0.4, 0.5) is 0 Å². The van der Waals surface area contributed by atoms with Crippen LogP contribution in [0.15, 0.2) is 60.7 Å². The standard InChI is InChI=1S/C17H19NO2.H2S/c1-20-17(19)16(12-14-8-4-2-5-9-14)18-13-15-10-6-3-7-11-15;/h2-11,16,18H,12-13H2,1H3;1H2/t16-;/m1./s1. The number of ether oxygens (including phenoxy) is 1. The molecule has 2 aromatic rings. The number of methoxy groups -OCH3 is 1. The molecular weight excluding hydrogens is 282 g/mol. The van der Waals surface area contributed by atoms with E-state index in [4.69, 9.17) is 4.74 Å². The first-order valence-electron chi connectivity index (χ1n) is 6.68. The van der Waals surface area contributed by atoms with Gasteiger partial charge in [-0.3, -0.25) is 4.79 Å². The summed E-state index contributed by atoms with van der Waals surface area (Å²) in [7, 11) is 1.42. The molecule has 0 fully saturated rings. The van der Waals surface area contributed by atoms with E-state index in [1.54, 1.807) is 0 Å². The third-order valence-corrected chi connectivity index (χ3v) is 3.16. The van der Waals surface area contributed by atoms with Crippen molar-refractivity contribution < 1.29 is 9.53 Å². The molecule has 0 aliphatic carbocycles. The molecule has 0 bridgehead atoms. The third kappa shape index (κ3) is 5.61. The zero-order valence-electron chi connectivity index (χ0n) is 12.1. The second kappa shape index (κ2) is 9.21. The van der Waals surface area contributed by atoms with Gasteiger partial charge in [-0.15, -0.1) is 0 Å². The summed E-state index contributed by atoms with van der Waals surface area (Å²) in [6, 6.07) is 19.6. The highest BCUT2D eigenvalue weighted by molar-refractivity contribution is 7.59. The number of benzene rings is 2. The average Bonchev–Trinajstić information content (AvgIpc) is 2.52. The number of rotatable bonds is 6. The maximum atomic E-state index is 11.9. The van der Waals surface area contributed by atoms with Crippen molar-refractivity contribution >= 4 is 19.5 Å². The Morgan fingerprint density at radius 3 is 2.05 bits per heavy atom. The maximum Gasteiger partial charge on any atom is 0.323 e. The molecule has 0 unspecified atom stereocenters. The number of esters is 1. The van der Waals surface area contributed by atoms with Crippen LogP contribution in [0.25, 0.3) is 0 Å². The molecule has 0 heterocycles. The lowest BCUT2D eigenvalue weighted by Gasteiger charge is -2.16. The van der Waals surface area contributed by atoms with Crippen molar-refractivity contribution in [2.45, 2.75) is 19.0 Å². The van der Waals surface area contributed by atoms with E-state index >= 15 is 0 Å². The normalized spacial score (nSPS) is 11.3. The van der Waals surface area contributed by atoms with Gasteiger partial charge in [-0.2, -0.15) is 13.5 Å². The monoisotopic (exact) mass is 303 g/mol. The fourth-order valence-electron chi connectivity index (χ4n) is 2.07. The van der Waals surface area contributed by atoms with Crippen molar-refractivity contribution in [1.82, 2.24) is 5.32 Å². The quantitative estimate of drug-likeness (QED) is 0.834. The lowest BCUT2D eigenvalue weighted by molar-refractivity contribution is -0.143. The lowest BCUT2D eigenvalue weighted by Crippen LogP contribution is -2.39. The summed E-state index contributed by atoms with van der Waals surface area (Å²) in [5.41, 5.74) is 2.26. The highest BCUT2D eigenvalue weighted by Crippen LogP contribution is 2.06. The largest absolute Gasteiger partial charge is 0.468 e. The Bertz CT molecular complexity index is 531. The highest BCUT2D eigenvalue weighted by Gasteiger charge is 2.18. The molecule has 1 N–H and O–H groups in total. The van der Waals surface area contributed by atoms with E-state index < -0.39 is 0 Å². The number of nitrogens with one attached hydrogen (secondary N) is 1. The van der Waals surface area contributed by atoms with Gasteiger partial charge in [-0.25, -0.2) is 0 Å². The van der Waals surface area contributed by atoms with Crippen molar-refractivity contribution in [3.63, 3.8) is 0 Å². The first-order valence-corrected chi connectivity index (χ1v) is 6.68. The Balaban J connectivity index is 0.00000220. The van der Waals surface area contributed by atoms with Gasteiger partial charge in [0.25, 0.3) is 0 Å². The van der Waals surface area contributed by atoms with E-state index in [0.717, 1.165) is 11.1 Å². The predicted molar refractivity (Wildman–Crippen MR) is 89.6 cm³/mol. The molecule has 0 amide bonds. The fraction of sp³-hybridized carbons (Fsp3) is 0.235. The van der Waals surface area contributed by atoms with E-state index in [0.29, 0.717) is 13.0 Å². The first-order chi connectivity index (χ1) is 9.79. The Morgan fingerprint density at radius 2 is 1.52 bits per heavy atom. The van der Waals surface area contributed by atoms with Gasteiger partial charge in [0.15, 0.2) is 0 Å². The van der Waals surface area contributed by atoms with E-state index in [1.807, 2.05) is 60.7 Å². The summed E-state index contributed by atoms with van der Waals surface area (Å²) in [6.45, 7) is 0.646. The molecule has 4 heteroatoms. The van der Waals surface area contributed by atoms with Crippen molar-refractivity contribution in [3.8, 4) is 0 Å². The van der Waals surface area contributed by atoms with Crippen molar-refractivity contribution in [1.29, 1.82) is 0 Å². The SMILES string of the molecule is COC(=O)[C@@H](Cc1ccccc1)NCc1ccccc1.S. The van der Waals surface area contributed by atoms with Gasteiger partial charge in [0, 0.05) is 6.54 Å². The van der Waals surface area contributed by atoms with Crippen LogP contribution in [-0.2, 0) is 22.5 Å². The molecule has 0 saturated carbocycles. The Kier molecular flexibility index (Phi) is 7.58. The fourth-order valence-corrected chi connectivity index (χ4v) is 2.07. The molecule has 2 aromatic carbocycles. The third-order valence-electron chi connectivity index (χ3n) is 3.16. The molecule has 0 aromatic heterocycles. The molecule has 112 valence electrons. The predicted octanol–water partition coefficient (Wildman–Crippen LogP) is 2.67. The smallest absolute Gasteiger partial charge is 0.323 e. The molecule has 0 spiro atoms. The van der Waals surface area contributed by atoms with Crippen LogP contribution in [-0.4, -0.2) is 19.1 Å². The van der Waals surface area contributed by atoms with Gasteiger partial charge >= 0.3 is 5.97 Å². The van der Waals surface area contributed by atoms with E-state index in [9.17, 15) is 4.79 Å². The van der Waals surface area contributed by atoms with Gasteiger partial charge in [0.05, 0.1) is 7.11 Å². The summed E-state index contributed by atoms with van der Waals surface area (Å²) in [5, 5.41) is 3.26. The summed E-state index contributed by atoms with van der Waals surface area (Å²) in [6.07, 6.45) is 0.625. The van der Waals surface area contributed by atoms with Crippen LogP contribution < -0.4 is 5.32 Å². The minimum absolute atomic E-state index is 0.